The minimum atomic E-state index is -0.0947. The van der Waals surface area contributed by atoms with Gasteiger partial charge in [0.05, 0.1) is 6.54 Å². The summed E-state index contributed by atoms with van der Waals surface area (Å²) in [7, 11) is 3.81. The lowest BCUT2D eigenvalue weighted by atomic mass is 10.3. The minimum absolute atomic E-state index is 0.0947. The number of carbonyl (C=O) groups is 1. The monoisotopic (exact) mass is 320 g/mol. The zero-order valence-corrected chi connectivity index (χ0v) is 14.6. The van der Waals surface area contributed by atoms with Crippen LogP contribution in [0.1, 0.15) is 26.7 Å². The fourth-order valence-electron chi connectivity index (χ4n) is 2.08. The molecular formula is C17H28N4O2. The lowest BCUT2D eigenvalue weighted by Crippen LogP contribution is -2.41. The van der Waals surface area contributed by atoms with Crippen LogP contribution >= 0.6 is 0 Å². The van der Waals surface area contributed by atoms with E-state index in [0.29, 0.717) is 13.2 Å². The molecule has 0 radical (unpaired) electrons. The maximum Gasteiger partial charge on any atom is 0.221 e. The predicted octanol–water partition coefficient (Wildman–Crippen LogP) is 2.33. The molecule has 0 saturated carbocycles. The zero-order chi connectivity index (χ0) is 17.1. The van der Waals surface area contributed by atoms with Gasteiger partial charge < -0.3 is 20.3 Å². The summed E-state index contributed by atoms with van der Waals surface area (Å²) >= 11 is 0. The van der Waals surface area contributed by atoms with Gasteiger partial charge in [-0.1, -0.05) is 19.4 Å². The molecule has 0 saturated heterocycles. The van der Waals surface area contributed by atoms with E-state index in [0.717, 1.165) is 36.8 Å². The molecule has 1 amide bonds. The van der Waals surface area contributed by atoms with Gasteiger partial charge in [-0.15, -0.1) is 0 Å². The molecule has 2 N–H and O–H groups in total. The van der Waals surface area contributed by atoms with Crippen molar-refractivity contribution in [3.8, 4) is 5.75 Å². The normalized spacial score (nSPS) is 11.0. The number of hydrogen-bond donors (Lipinski definition) is 2. The van der Waals surface area contributed by atoms with Crippen LogP contribution in [0.3, 0.4) is 0 Å². The van der Waals surface area contributed by atoms with E-state index < -0.39 is 0 Å². The fourth-order valence-corrected chi connectivity index (χ4v) is 2.08. The standard InChI is InChI=1S/C17H28N4O2/c1-5-6-11-21(4)17(18-3)19-10-12-23-16-9-7-8-15(13-16)20-14(2)22/h7-9,13H,5-6,10-12H2,1-4H3,(H,18,19)(H,20,22). The van der Waals surface area contributed by atoms with Crippen molar-refractivity contribution < 1.29 is 9.53 Å². The first kappa shape index (κ1) is 18.8. The van der Waals surface area contributed by atoms with E-state index in [9.17, 15) is 4.79 Å². The smallest absolute Gasteiger partial charge is 0.221 e. The highest BCUT2D eigenvalue weighted by Crippen LogP contribution is 2.16. The maximum absolute atomic E-state index is 11.1. The number of ether oxygens (including phenoxy) is 1. The third-order valence-electron chi connectivity index (χ3n) is 3.23. The molecule has 0 fully saturated rings. The molecule has 6 nitrogen and oxygen atoms in total. The summed E-state index contributed by atoms with van der Waals surface area (Å²) in [6.07, 6.45) is 2.30. The Morgan fingerprint density at radius 2 is 2.17 bits per heavy atom. The molecule has 1 aromatic rings. The molecule has 0 unspecified atom stereocenters. The van der Waals surface area contributed by atoms with Gasteiger partial charge in [-0.2, -0.15) is 0 Å². The fraction of sp³-hybridized carbons (Fsp3) is 0.529. The molecule has 0 bridgehead atoms. The number of benzene rings is 1. The first-order valence-electron chi connectivity index (χ1n) is 7.99. The van der Waals surface area contributed by atoms with Crippen LogP contribution in [-0.2, 0) is 4.79 Å². The van der Waals surface area contributed by atoms with Crippen molar-refractivity contribution in [2.24, 2.45) is 4.99 Å². The Morgan fingerprint density at radius 1 is 1.39 bits per heavy atom. The molecule has 0 heterocycles. The Hall–Kier alpha value is -2.24. The van der Waals surface area contributed by atoms with Crippen molar-refractivity contribution in [1.82, 2.24) is 10.2 Å². The third kappa shape index (κ3) is 7.54. The Bertz CT molecular complexity index is 517. The molecule has 0 spiro atoms. The van der Waals surface area contributed by atoms with Crippen molar-refractivity contribution in [2.45, 2.75) is 26.7 Å². The first-order chi connectivity index (χ1) is 11.1. The number of anilines is 1. The molecule has 0 atom stereocenters. The van der Waals surface area contributed by atoms with Crippen LogP contribution in [0.15, 0.2) is 29.3 Å². The van der Waals surface area contributed by atoms with Gasteiger partial charge in [-0.25, -0.2) is 0 Å². The number of unbranched alkanes of at least 4 members (excludes halogenated alkanes) is 1. The van der Waals surface area contributed by atoms with E-state index in [1.807, 2.05) is 31.3 Å². The second-order valence-electron chi connectivity index (χ2n) is 5.31. The van der Waals surface area contributed by atoms with Crippen LogP contribution in [0, 0.1) is 0 Å². The average Bonchev–Trinajstić information content (AvgIpc) is 2.52. The highest BCUT2D eigenvalue weighted by molar-refractivity contribution is 5.88. The number of hydrogen-bond acceptors (Lipinski definition) is 3. The first-order valence-corrected chi connectivity index (χ1v) is 7.99. The summed E-state index contributed by atoms with van der Waals surface area (Å²) in [5, 5.41) is 6.01. The molecule has 0 aliphatic rings. The lowest BCUT2D eigenvalue weighted by molar-refractivity contribution is -0.114. The topological polar surface area (TPSA) is 66.0 Å². The van der Waals surface area contributed by atoms with Crippen molar-refractivity contribution in [1.29, 1.82) is 0 Å². The van der Waals surface area contributed by atoms with Gasteiger partial charge in [0.1, 0.15) is 12.4 Å². The van der Waals surface area contributed by atoms with E-state index >= 15 is 0 Å². The summed E-state index contributed by atoms with van der Waals surface area (Å²) in [6.45, 7) is 5.82. The van der Waals surface area contributed by atoms with Crippen LogP contribution < -0.4 is 15.4 Å². The number of carbonyl (C=O) groups excluding carboxylic acids is 1. The van der Waals surface area contributed by atoms with E-state index in [1.165, 1.54) is 6.92 Å². The zero-order valence-electron chi connectivity index (χ0n) is 14.6. The van der Waals surface area contributed by atoms with Crippen LogP contribution in [0.2, 0.25) is 0 Å². The van der Waals surface area contributed by atoms with Crippen molar-refractivity contribution in [2.75, 3.05) is 39.1 Å². The summed E-state index contributed by atoms with van der Waals surface area (Å²) in [4.78, 5) is 17.4. The molecule has 23 heavy (non-hydrogen) atoms. The molecule has 1 aromatic carbocycles. The van der Waals surface area contributed by atoms with Crippen LogP contribution in [0.5, 0.6) is 5.75 Å². The van der Waals surface area contributed by atoms with Crippen LogP contribution in [0.25, 0.3) is 0 Å². The molecule has 128 valence electrons. The SMILES string of the molecule is CCCCN(C)C(=NC)NCCOc1cccc(NC(C)=O)c1. The number of aliphatic imine (C=N–C) groups is 1. The highest BCUT2D eigenvalue weighted by atomic mass is 16.5. The summed E-state index contributed by atoms with van der Waals surface area (Å²) < 4.78 is 5.70. The number of rotatable bonds is 8. The van der Waals surface area contributed by atoms with Crippen molar-refractivity contribution in [3.05, 3.63) is 24.3 Å². The predicted molar refractivity (Wildman–Crippen MR) is 95.1 cm³/mol. The largest absolute Gasteiger partial charge is 0.492 e. The second kappa shape index (κ2) is 10.5. The van der Waals surface area contributed by atoms with Crippen molar-refractivity contribution >= 4 is 17.6 Å². The Kier molecular flexibility index (Phi) is 8.57. The van der Waals surface area contributed by atoms with E-state index in [1.54, 1.807) is 7.05 Å². The Morgan fingerprint density at radius 3 is 2.83 bits per heavy atom. The third-order valence-corrected chi connectivity index (χ3v) is 3.23. The Balaban J connectivity index is 2.37. The molecule has 0 aliphatic heterocycles. The highest BCUT2D eigenvalue weighted by Gasteiger charge is 2.04. The van der Waals surface area contributed by atoms with Crippen LogP contribution in [0.4, 0.5) is 5.69 Å². The van der Waals surface area contributed by atoms with Gasteiger partial charge in [-0.3, -0.25) is 9.79 Å². The Labute approximate surface area is 138 Å². The molecule has 6 heteroatoms. The average molecular weight is 320 g/mol. The van der Waals surface area contributed by atoms with Crippen LogP contribution in [-0.4, -0.2) is 50.6 Å². The molecule has 0 aromatic heterocycles. The molecular weight excluding hydrogens is 292 g/mol. The van der Waals surface area contributed by atoms with E-state index in [2.05, 4.69) is 27.4 Å². The van der Waals surface area contributed by atoms with Gasteiger partial charge in [-0.05, 0) is 18.6 Å². The summed E-state index contributed by atoms with van der Waals surface area (Å²) in [5.41, 5.74) is 0.734. The second-order valence-corrected chi connectivity index (χ2v) is 5.31. The number of amides is 1. The van der Waals surface area contributed by atoms with Gasteiger partial charge in [0.2, 0.25) is 5.91 Å². The van der Waals surface area contributed by atoms with Gasteiger partial charge in [0.25, 0.3) is 0 Å². The number of nitrogens with one attached hydrogen (secondary N) is 2. The van der Waals surface area contributed by atoms with E-state index in [-0.39, 0.29) is 5.91 Å². The summed E-state index contributed by atoms with van der Waals surface area (Å²) in [5.74, 6) is 1.50. The lowest BCUT2D eigenvalue weighted by Gasteiger charge is -2.21. The van der Waals surface area contributed by atoms with Gasteiger partial charge in [0.15, 0.2) is 5.96 Å². The maximum atomic E-state index is 11.1. The number of nitrogens with zero attached hydrogens (tertiary/aromatic N) is 2. The van der Waals surface area contributed by atoms with Crippen molar-refractivity contribution in [3.63, 3.8) is 0 Å². The molecule has 0 aliphatic carbocycles. The quantitative estimate of drug-likeness (QED) is 0.438. The van der Waals surface area contributed by atoms with Gasteiger partial charge >= 0.3 is 0 Å². The summed E-state index contributed by atoms with van der Waals surface area (Å²) in [6, 6.07) is 7.36. The van der Waals surface area contributed by atoms with E-state index in [4.69, 9.17) is 4.74 Å². The molecule has 1 rings (SSSR count). The van der Waals surface area contributed by atoms with Gasteiger partial charge in [0, 0.05) is 39.3 Å². The minimum Gasteiger partial charge on any atom is -0.492 e. The number of guanidine groups is 1.